The molecule has 5 nitrogen and oxygen atoms in total. The van der Waals surface area contributed by atoms with E-state index in [0.717, 1.165) is 26.1 Å². The lowest BCUT2D eigenvalue weighted by Crippen LogP contribution is -2.49. The maximum atomic E-state index is 13.0. The van der Waals surface area contributed by atoms with Gasteiger partial charge in [-0.25, -0.2) is 8.42 Å². The summed E-state index contributed by atoms with van der Waals surface area (Å²) >= 11 is 1.78. The molecule has 7 heteroatoms. The first-order valence-electron chi connectivity index (χ1n) is 10.4. The second kappa shape index (κ2) is 9.77. The first-order chi connectivity index (χ1) is 15.0. The summed E-state index contributed by atoms with van der Waals surface area (Å²) in [4.78, 5) is 18.9. The van der Waals surface area contributed by atoms with Crippen molar-refractivity contribution >= 4 is 27.1 Å². The second-order valence-corrected chi connectivity index (χ2v) is 10.8. The molecule has 4 rings (SSSR count). The lowest BCUT2D eigenvalue weighted by molar-refractivity contribution is 0.0638. The fourth-order valence-electron chi connectivity index (χ4n) is 3.81. The number of hydrogen-bond acceptors (Lipinski definition) is 5. The number of nitrogens with zero attached hydrogens (tertiary/aromatic N) is 2. The van der Waals surface area contributed by atoms with Gasteiger partial charge in [0.1, 0.15) is 0 Å². The minimum absolute atomic E-state index is 0.0307. The van der Waals surface area contributed by atoms with Gasteiger partial charge in [-0.05, 0) is 47.7 Å². The fourth-order valence-corrected chi connectivity index (χ4v) is 5.86. The van der Waals surface area contributed by atoms with Crippen molar-refractivity contribution in [2.24, 2.45) is 0 Å². The average Bonchev–Trinajstić information content (AvgIpc) is 3.32. The SMILES string of the molecule is O=C(c1cccc(CS(=O)(=O)c2ccccc2)c1)N1CCN(CCc2cccs2)CC1. The van der Waals surface area contributed by atoms with Crippen LogP contribution in [0.4, 0.5) is 0 Å². The third-order valence-electron chi connectivity index (χ3n) is 5.55. The summed E-state index contributed by atoms with van der Waals surface area (Å²) in [5.41, 5.74) is 1.18. The summed E-state index contributed by atoms with van der Waals surface area (Å²) in [6, 6.07) is 19.7. The molecular formula is C24H26N2O3S2. The van der Waals surface area contributed by atoms with Gasteiger partial charge in [0.05, 0.1) is 10.6 Å². The molecule has 2 heterocycles. The highest BCUT2D eigenvalue weighted by atomic mass is 32.2. The van der Waals surface area contributed by atoms with Gasteiger partial charge in [0.15, 0.2) is 9.84 Å². The number of thiophene rings is 1. The zero-order chi connectivity index (χ0) is 21.7. The minimum Gasteiger partial charge on any atom is -0.336 e. The van der Waals surface area contributed by atoms with Crippen molar-refractivity contribution in [2.75, 3.05) is 32.7 Å². The van der Waals surface area contributed by atoms with Crippen LogP contribution in [0.3, 0.4) is 0 Å². The van der Waals surface area contributed by atoms with Gasteiger partial charge >= 0.3 is 0 Å². The van der Waals surface area contributed by atoms with Crippen LogP contribution < -0.4 is 0 Å². The van der Waals surface area contributed by atoms with Crippen LogP contribution in [-0.2, 0) is 22.0 Å². The second-order valence-electron chi connectivity index (χ2n) is 7.74. The van der Waals surface area contributed by atoms with Crippen molar-refractivity contribution < 1.29 is 13.2 Å². The molecule has 1 saturated heterocycles. The van der Waals surface area contributed by atoms with Crippen LogP contribution in [0.15, 0.2) is 77.0 Å². The molecule has 0 N–H and O–H groups in total. The molecule has 0 saturated carbocycles. The van der Waals surface area contributed by atoms with E-state index in [-0.39, 0.29) is 11.7 Å². The van der Waals surface area contributed by atoms with E-state index in [1.807, 2.05) is 4.90 Å². The summed E-state index contributed by atoms with van der Waals surface area (Å²) in [6.07, 6.45) is 1.05. The van der Waals surface area contributed by atoms with Crippen molar-refractivity contribution in [3.63, 3.8) is 0 Å². The predicted octanol–water partition coefficient (Wildman–Crippen LogP) is 3.72. The third kappa shape index (κ3) is 5.61. The van der Waals surface area contributed by atoms with E-state index in [0.29, 0.717) is 29.1 Å². The van der Waals surface area contributed by atoms with E-state index < -0.39 is 9.84 Å². The van der Waals surface area contributed by atoms with Gasteiger partial charge in [-0.3, -0.25) is 9.69 Å². The van der Waals surface area contributed by atoms with Crippen molar-refractivity contribution in [1.82, 2.24) is 9.80 Å². The van der Waals surface area contributed by atoms with Crippen LogP contribution in [0.1, 0.15) is 20.8 Å². The van der Waals surface area contributed by atoms with Gasteiger partial charge in [-0.15, -0.1) is 11.3 Å². The number of sulfone groups is 1. The smallest absolute Gasteiger partial charge is 0.253 e. The number of carbonyl (C=O) groups is 1. The largest absolute Gasteiger partial charge is 0.336 e. The number of amides is 1. The molecule has 1 aliphatic rings. The van der Waals surface area contributed by atoms with Crippen LogP contribution in [0, 0.1) is 0 Å². The van der Waals surface area contributed by atoms with Crippen LogP contribution in [-0.4, -0.2) is 56.8 Å². The van der Waals surface area contributed by atoms with Gasteiger partial charge in [0.25, 0.3) is 5.91 Å². The Hall–Kier alpha value is -2.48. The summed E-state index contributed by atoms with van der Waals surface area (Å²) in [5.74, 6) is -0.147. The molecule has 0 aliphatic carbocycles. The highest BCUT2D eigenvalue weighted by molar-refractivity contribution is 7.90. The molecule has 31 heavy (non-hydrogen) atoms. The zero-order valence-electron chi connectivity index (χ0n) is 17.3. The van der Waals surface area contributed by atoms with E-state index in [9.17, 15) is 13.2 Å². The van der Waals surface area contributed by atoms with E-state index >= 15 is 0 Å². The Labute approximate surface area is 187 Å². The number of piperazine rings is 1. The van der Waals surface area contributed by atoms with Crippen molar-refractivity contribution in [3.8, 4) is 0 Å². The number of rotatable bonds is 7. The molecular weight excluding hydrogens is 428 g/mol. The van der Waals surface area contributed by atoms with Gasteiger partial charge in [-0.1, -0.05) is 36.4 Å². The molecule has 162 valence electrons. The quantitative estimate of drug-likeness (QED) is 0.546. The van der Waals surface area contributed by atoms with E-state index in [4.69, 9.17) is 0 Å². The molecule has 2 aromatic carbocycles. The molecule has 0 bridgehead atoms. The summed E-state index contributed by atoms with van der Waals surface area (Å²) in [7, 11) is -3.44. The van der Waals surface area contributed by atoms with E-state index in [2.05, 4.69) is 22.4 Å². The molecule has 3 aromatic rings. The van der Waals surface area contributed by atoms with Gasteiger partial charge < -0.3 is 4.90 Å². The van der Waals surface area contributed by atoms with E-state index in [1.54, 1.807) is 65.9 Å². The Bertz CT molecular complexity index is 1100. The van der Waals surface area contributed by atoms with Crippen molar-refractivity contribution in [1.29, 1.82) is 0 Å². The number of hydrogen-bond donors (Lipinski definition) is 0. The maximum absolute atomic E-state index is 13.0. The van der Waals surface area contributed by atoms with Crippen molar-refractivity contribution in [2.45, 2.75) is 17.1 Å². The lowest BCUT2D eigenvalue weighted by atomic mass is 10.1. The number of carbonyl (C=O) groups excluding carboxylic acids is 1. The van der Waals surface area contributed by atoms with Crippen LogP contribution in [0.2, 0.25) is 0 Å². The summed E-state index contributed by atoms with van der Waals surface area (Å²) < 4.78 is 25.3. The monoisotopic (exact) mass is 454 g/mol. The average molecular weight is 455 g/mol. The highest BCUT2D eigenvalue weighted by Gasteiger charge is 2.23. The minimum atomic E-state index is -3.44. The normalized spacial score (nSPS) is 15.2. The van der Waals surface area contributed by atoms with Gasteiger partial charge in [0.2, 0.25) is 0 Å². The molecule has 1 fully saturated rings. The van der Waals surface area contributed by atoms with E-state index in [1.165, 1.54) is 4.88 Å². The fraction of sp³-hybridized carbons (Fsp3) is 0.292. The number of benzene rings is 2. The first-order valence-corrected chi connectivity index (χ1v) is 13.0. The first kappa shape index (κ1) is 21.7. The lowest BCUT2D eigenvalue weighted by Gasteiger charge is -2.34. The maximum Gasteiger partial charge on any atom is 0.253 e. The van der Waals surface area contributed by atoms with Gasteiger partial charge in [0, 0.05) is 43.2 Å². The molecule has 1 amide bonds. The highest BCUT2D eigenvalue weighted by Crippen LogP contribution is 2.18. The Balaban J connectivity index is 1.35. The third-order valence-corrected chi connectivity index (χ3v) is 8.19. The van der Waals surface area contributed by atoms with Gasteiger partial charge in [-0.2, -0.15) is 0 Å². The van der Waals surface area contributed by atoms with Crippen molar-refractivity contribution in [3.05, 3.63) is 88.1 Å². The standard InChI is InChI=1S/C24H26N2O3S2/c27-24(26-15-13-25(14-16-26)12-11-22-8-5-17-30-22)21-7-4-6-20(18-21)19-31(28,29)23-9-2-1-3-10-23/h1-10,17-18H,11-16,19H2. The Morgan fingerprint density at radius 1 is 0.903 bits per heavy atom. The molecule has 0 spiro atoms. The molecule has 1 aromatic heterocycles. The van der Waals surface area contributed by atoms with Crippen LogP contribution in [0.25, 0.3) is 0 Å². The Morgan fingerprint density at radius 3 is 2.39 bits per heavy atom. The Kier molecular flexibility index (Phi) is 6.85. The predicted molar refractivity (Wildman–Crippen MR) is 124 cm³/mol. The van der Waals surface area contributed by atoms with Crippen LogP contribution in [0.5, 0.6) is 0 Å². The molecule has 1 aliphatic heterocycles. The zero-order valence-corrected chi connectivity index (χ0v) is 18.9. The van der Waals surface area contributed by atoms with Crippen LogP contribution >= 0.6 is 11.3 Å². The summed E-state index contributed by atoms with van der Waals surface area (Å²) in [5, 5.41) is 2.10. The molecule has 0 unspecified atom stereocenters. The Morgan fingerprint density at radius 2 is 1.68 bits per heavy atom. The molecule has 0 atom stereocenters. The topological polar surface area (TPSA) is 57.7 Å². The molecule has 0 radical (unpaired) electrons. The summed E-state index contributed by atoms with van der Waals surface area (Å²) in [6.45, 7) is 4.11.